The second-order valence-corrected chi connectivity index (χ2v) is 4.72. The van der Waals surface area contributed by atoms with Gasteiger partial charge in [-0.2, -0.15) is 16.4 Å². The zero-order valence-electron chi connectivity index (χ0n) is 9.67. The Kier molecular flexibility index (Phi) is 3.71. The molecule has 0 radical (unpaired) electrons. The van der Waals surface area contributed by atoms with Gasteiger partial charge in [-0.05, 0) is 37.4 Å². The van der Waals surface area contributed by atoms with Crippen molar-refractivity contribution in [1.82, 2.24) is 9.78 Å². The molecule has 0 bridgehead atoms. The summed E-state index contributed by atoms with van der Waals surface area (Å²) in [6.07, 6.45) is 0.750. The lowest BCUT2D eigenvalue weighted by molar-refractivity contribution is 0.445. The van der Waals surface area contributed by atoms with Gasteiger partial charge in [-0.1, -0.05) is 0 Å². The molecule has 1 atom stereocenters. The summed E-state index contributed by atoms with van der Waals surface area (Å²) in [6.45, 7) is 2.51. The van der Waals surface area contributed by atoms with E-state index in [0.717, 1.165) is 17.7 Å². The summed E-state index contributed by atoms with van der Waals surface area (Å²) >= 11 is 1.62. The molecule has 2 N–H and O–H groups in total. The third-order valence-electron chi connectivity index (χ3n) is 2.64. The summed E-state index contributed by atoms with van der Waals surface area (Å²) in [6, 6.07) is 5.35. The fraction of sp³-hybridized carbons (Fsp3) is 0.333. The Morgan fingerprint density at radius 1 is 1.47 bits per heavy atom. The molecule has 1 unspecified atom stereocenters. The van der Waals surface area contributed by atoms with Crippen LogP contribution < -0.4 is 11.3 Å². The fourth-order valence-corrected chi connectivity index (χ4v) is 2.32. The van der Waals surface area contributed by atoms with Gasteiger partial charge in [0.2, 0.25) is 0 Å². The van der Waals surface area contributed by atoms with E-state index in [1.165, 1.54) is 4.68 Å². The van der Waals surface area contributed by atoms with Gasteiger partial charge >= 0.3 is 0 Å². The molecular weight excluding hydrogens is 234 g/mol. The van der Waals surface area contributed by atoms with Crippen LogP contribution in [0.3, 0.4) is 0 Å². The third kappa shape index (κ3) is 2.62. The first-order chi connectivity index (χ1) is 8.22. The maximum absolute atomic E-state index is 11.7. The summed E-state index contributed by atoms with van der Waals surface area (Å²) in [5, 5.41) is 8.40. The lowest BCUT2D eigenvalue weighted by atomic mass is 10.2. The van der Waals surface area contributed by atoms with Gasteiger partial charge in [0.1, 0.15) is 0 Å². The molecule has 0 saturated carbocycles. The highest BCUT2D eigenvalue weighted by molar-refractivity contribution is 7.08. The fourth-order valence-electron chi connectivity index (χ4n) is 1.67. The van der Waals surface area contributed by atoms with E-state index in [0.29, 0.717) is 6.54 Å². The predicted molar refractivity (Wildman–Crippen MR) is 70.2 cm³/mol. The molecule has 0 spiro atoms. The van der Waals surface area contributed by atoms with Crippen LogP contribution in [0.15, 0.2) is 33.8 Å². The summed E-state index contributed by atoms with van der Waals surface area (Å²) in [5.74, 6) is 0. The van der Waals surface area contributed by atoms with E-state index in [-0.39, 0.29) is 11.6 Å². The molecule has 2 heterocycles. The molecule has 0 aliphatic heterocycles. The first kappa shape index (κ1) is 12.0. The van der Waals surface area contributed by atoms with Gasteiger partial charge in [-0.25, -0.2) is 4.68 Å². The van der Waals surface area contributed by atoms with Crippen molar-refractivity contribution in [3.63, 3.8) is 0 Å². The maximum Gasteiger partial charge on any atom is 0.267 e. The zero-order chi connectivity index (χ0) is 12.3. The number of hydrogen-bond donors (Lipinski definition) is 1. The van der Waals surface area contributed by atoms with E-state index >= 15 is 0 Å². The quantitative estimate of drug-likeness (QED) is 0.900. The number of nitrogens with zero attached hydrogens (tertiary/aromatic N) is 2. The highest BCUT2D eigenvalue weighted by atomic mass is 32.1. The Bertz CT molecular complexity index is 533. The molecule has 4 nitrogen and oxygen atoms in total. The van der Waals surface area contributed by atoms with Crippen molar-refractivity contribution >= 4 is 11.3 Å². The predicted octanol–water partition coefficient (Wildman–Crippen LogP) is 1.88. The number of aromatic nitrogens is 2. The van der Waals surface area contributed by atoms with Crippen LogP contribution in [0.25, 0.3) is 11.3 Å². The Balaban J connectivity index is 2.39. The summed E-state index contributed by atoms with van der Waals surface area (Å²) < 4.78 is 1.51. The zero-order valence-corrected chi connectivity index (χ0v) is 10.5. The van der Waals surface area contributed by atoms with Gasteiger partial charge < -0.3 is 5.73 Å². The first-order valence-electron chi connectivity index (χ1n) is 5.55. The van der Waals surface area contributed by atoms with E-state index in [4.69, 9.17) is 5.73 Å². The number of nitrogens with two attached hydrogens (primary N) is 1. The van der Waals surface area contributed by atoms with Crippen LogP contribution in [0.1, 0.15) is 19.4 Å². The van der Waals surface area contributed by atoms with Crippen LogP contribution >= 0.6 is 11.3 Å². The van der Waals surface area contributed by atoms with Gasteiger partial charge in [0, 0.05) is 17.0 Å². The average molecular weight is 249 g/mol. The van der Waals surface area contributed by atoms with Crippen LogP contribution in [0.2, 0.25) is 0 Å². The minimum Gasteiger partial charge on any atom is -0.330 e. The SMILES string of the molecule is CC(CCN)n1nc(-c2ccsc2)ccc1=O. The smallest absolute Gasteiger partial charge is 0.267 e. The van der Waals surface area contributed by atoms with Crippen molar-refractivity contribution in [2.45, 2.75) is 19.4 Å². The van der Waals surface area contributed by atoms with Crippen LogP contribution in [0.5, 0.6) is 0 Å². The standard InChI is InChI=1S/C12H15N3OS/c1-9(4-6-13)15-12(16)3-2-11(14-15)10-5-7-17-8-10/h2-3,5,7-9H,4,6,13H2,1H3. The molecule has 0 aliphatic rings. The third-order valence-corrected chi connectivity index (χ3v) is 3.33. The minimum absolute atomic E-state index is 0.0334. The molecule has 2 aromatic rings. The molecule has 0 amide bonds. The van der Waals surface area contributed by atoms with Gasteiger partial charge in [0.15, 0.2) is 0 Å². The average Bonchev–Trinajstić information content (AvgIpc) is 2.83. The number of thiophene rings is 1. The largest absolute Gasteiger partial charge is 0.330 e. The Morgan fingerprint density at radius 2 is 2.29 bits per heavy atom. The molecule has 2 rings (SSSR count). The highest BCUT2D eigenvalue weighted by Gasteiger charge is 2.09. The maximum atomic E-state index is 11.7. The molecule has 17 heavy (non-hydrogen) atoms. The normalized spacial score (nSPS) is 12.6. The topological polar surface area (TPSA) is 60.9 Å². The summed E-state index contributed by atoms with van der Waals surface area (Å²) in [4.78, 5) is 11.7. The Labute approximate surface area is 104 Å². The van der Waals surface area contributed by atoms with Gasteiger partial charge in [0.25, 0.3) is 5.56 Å². The second kappa shape index (κ2) is 5.25. The summed E-state index contributed by atoms with van der Waals surface area (Å²) in [5.41, 5.74) is 7.30. The molecule has 0 aromatic carbocycles. The van der Waals surface area contributed by atoms with E-state index in [2.05, 4.69) is 5.10 Å². The van der Waals surface area contributed by atoms with E-state index < -0.39 is 0 Å². The van der Waals surface area contributed by atoms with Crippen molar-refractivity contribution in [2.75, 3.05) is 6.54 Å². The molecule has 0 fully saturated rings. The summed E-state index contributed by atoms with van der Waals surface area (Å²) in [7, 11) is 0. The molecule has 0 saturated heterocycles. The number of rotatable bonds is 4. The van der Waals surface area contributed by atoms with Crippen LogP contribution in [-0.4, -0.2) is 16.3 Å². The van der Waals surface area contributed by atoms with Crippen molar-refractivity contribution < 1.29 is 0 Å². The van der Waals surface area contributed by atoms with Crippen molar-refractivity contribution in [1.29, 1.82) is 0 Å². The lowest BCUT2D eigenvalue weighted by Crippen LogP contribution is -2.26. The Hall–Kier alpha value is -1.46. The molecule has 0 aliphatic carbocycles. The molecule has 90 valence electrons. The van der Waals surface area contributed by atoms with Crippen molar-refractivity contribution in [2.24, 2.45) is 5.73 Å². The van der Waals surface area contributed by atoms with Crippen LogP contribution in [-0.2, 0) is 0 Å². The van der Waals surface area contributed by atoms with Crippen molar-refractivity contribution in [3.8, 4) is 11.3 Å². The van der Waals surface area contributed by atoms with E-state index in [9.17, 15) is 4.79 Å². The molecule has 2 aromatic heterocycles. The van der Waals surface area contributed by atoms with Crippen molar-refractivity contribution in [3.05, 3.63) is 39.3 Å². The van der Waals surface area contributed by atoms with E-state index in [1.54, 1.807) is 23.5 Å². The monoisotopic (exact) mass is 249 g/mol. The lowest BCUT2D eigenvalue weighted by Gasteiger charge is -2.13. The van der Waals surface area contributed by atoms with Gasteiger partial charge in [-0.3, -0.25) is 4.79 Å². The second-order valence-electron chi connectivity index (χ2n) is 3.94. The minimum atomic E-state index is -0.0788. The van der Waals surface area contributed by atoms with Crippen LogP contribution in [0.4, 0.5) is 0 Å². The highest BCUT2D eigenvalue weighted by Crippen LogP contribution is 2.19. The molecule has 5 heteroatoms. The molecular formula is C12H15N3OS. The van der Waals surface area contributed by atoms with E-state index in [1.807, 2.05) is 23.8 Å². The van der Waals surface area contributed by atoms with Crippen LogP contribution in [0, 0.1) is 0 Å². The Morgan fingerprint density at radius 3 is 2.94 bits per heavy atom. The van der Waals surface area contributed by atoms with Gasteiger partial charge in [-0.15, -0.1) is 0 Å². The number of hydrogen-bond acceptors (Lipinski definition) is 4. The van der Waals surface area contributed by atoms with Gasteiger partial charge in [0.05, 0.1) is 11.7 Å². The first-order valence-corrected chi connectivity index (χ1v) is 6.49.